The second-order valence-electron chi connectivity index (χ2n) is 7.78. The number of sulfone groups is 1. The number of benzene rings is 1. The Balaban J connectivity index is 0.00000261. The molecule has 0 bridgehead atoms. The van der Waals surface area contributed by atoms with Crippen molar-refractivity contribution in [3.8, 4) is 0 Å². The number of aliphatic imine (C=N–C) groups is 1. The highest BCUT2D eigenvalue weighted by Gasteiger charge is 2.39. The normalized spacial score (nSPS) is 19.7. The van der Waals surface area contributed by atoms with Gasteiger partial charge in [-0.15, -0.1) is 24.0 Å². The van der Waals surface area contributed by atoms with E-state index in [1.165, 1.54) is 38.5 Å². The Hall–Kier alpha value is -0.830. The molecule has 0 unspecified atom stereocenters. The summed E-state index contributed by atoms with van der Waals surface area (Å²) in [6.07, 6.45) is 7.95. The van der Waals surface area contributed by atoms with E-state index in [4.69, 9.17) is 0 Å². The van der Waals surface area contributed by atoms with Crippen LogP contribution in [-0.2, 0) is 15.6 Å². The van der Waals surface area contributed by atoms with E-state index < -0.39 is 9.84 Å². The SMILES string of the molecule is CN=C(NCCS(=O)(=O)Cc1ccccc1)N1CCC2(CCCCC2)C1.I. The maximum atomic E-state index is 12.3. The monoisotopic (exact) mass is 505 g/mol. The number of likely N-dealkylation sites (tertiary alicyclic amines) is 1. The second-order valence-corrected chi connectivity index (χ2v) is 9.97. The van der Waals surface area contributed by atoms with Gasteiger partial charge in [0, 0.05) is 26.7 Å². The Kier molecular flexibility index (Phi) is 8.39. The van der Waals surface area contributed by atoms with Gasteiger partial charge < -0.3 is 10.2 Å². The fourth-order valence-corrected chi connectivity index (χ4v) is 5.63. The van der Waals surface area contributed by atoms with E-state index in [0.717, 1.165) is 24.6 Å². The molecule has 1 saturated carbocycles. The highest BCUT2D eigenvalue weighted by Crippen LogP contribution is 2.43. The Morgan fingerprint density at radius 1 is 1.15 bits per heavy atom. The van der Waals surface area contributed by atoms with Gasteiger partial charge in [0.25, 0.3) is 0 Å². The Labute approximate surface area is 181 Å². The van der Waals surface area contributed by atoms with Crippen molar-refractivity contribution in [2.45, 2.75) is 44.3 Å². The first-order valence-corrected chi connectivity index (χ1v) is 11.5. The summed E-state index contributed by atoms with van der Waals surface area (Å²) < 4.78 is 24.7. The van der Waals surface area contributed by atoms with Gasteiger partial charge in [0.2, 0.25) is 0 Å². The number of halogens is 1. The third-order valence-corrected chi connectivity index (χ3v) is 7.39. The summed E-state index contributed by atoms with van der Waals surface area (Å²) in [6, 6.07) is 9.37. The fourth-order valence-electron chi connectivity index (χ4n) is 4.38. The molecule has 3 rings (SSSR count). The number of guanidine groups is 1. The van der Waals surface area contributed by atoms with Gasteiger partial charge in [-0.1, -0.05) is 49.6 Å². The minimum absolute atomic E-state index is 0. The van der Waals surface area contributed by atoms with Crippen molar-refractivity contribution in [1.82, 2.24) is 10.2 Å². The minimum atomic E-state index is -3.13. The zero-order chi connectivity index (χ0) is 18.5. The van der Waals surface area contributed by atoms with Gasteiger partial charge in [0.05, 0.1) is 11.5 Å². The van der Waals surface area contributed by atoms with Crippen molar-refractivity contribution in [3.63, 3.8) is 0 Å². The molecule has 1 spiro atoms. The van der Waals surface area contributed by atoms with Crippen LogP contribution in [0.1, 0.15) is 44.1 Å². The van der Waals surface area contributed by atoms with E-state index in [1.807, 2.05) is 30.3 Å². The quantitative estimate of drug-likeness (QED) is 0.379. The molecule has 2 aliphatic rings. The van der Waals surface area contributed by atoms with Gasteiger partial charge in [0.1, 0.15) is 0 Å². The predicted molar refractivity (Wildman–Crippen MR) is 122 cm³/mol. The Morgan fingerprint density at radius 2 is 1.85 bits per heavy atom. The van der Waals surface area contributed by atoms with Crippen molar-refractivity contribution in [1.29, 1.82) is 0 Å². The largest absolute Gasteiger partial charge is 0.355 e. The van der Waals surface area contributed by atoms with Crippen LogP contribution in [0.25, 0.3) is 0 Å². The molecule has 0 amide bonds. The summed E-state index contributed by atoms with van der Waals surface area (Å²) in [5, 5.41) is 3.27. The molecule has 0 aromatic heterocycles. The molecule has 1 saturated heterocycles. The molecule has 2 fully saturated rings. The maximum Gasteiger partial charge on any atom is 0.193 e. The number of nitrogens with one attached hydrogen (secondary N) is 1. The zero-order valence-corrected chi connectivity index (χ0v) is 19.3. The first kappa shape index (κ1) is 22.5. The molecular formula is C20H32IN3O2S. The average Bonchev–Trinajstić information content (AvgIpc) is 3.03. The van der Waals surface area contributed by atoms with Crippen molar-refractivity contribution in [2.24, 2.45) is 10.4 Å². The van der Waals surface area contributed by atoms with E-state index in [9.17, 15) is 8.42 Å². The molecule has 1 aliphatic carbocycles. The molecule has 27 heavy (non-hydrogen) atoms. The summed E-state index contributed by atoms with van der Waals surface area (Å²) >= 11 is 0. The van der Waals surface area contributed by atoms with Gasteiger partial charge >= 0.3 is 0 Å². The molecule has 5 nitrogen and oxygen atoms in total. The van der Waals surface area contributed by atoms with Crippen LogP contribution in [0.5, 0.6) is 0 Å². The van der Waals surface area contributed by atoms with Crippen LogP contribution in [0.4, 0.5) is 0 Å². The lowest BCUT2D eigenvalue weighted by Gasteiger charge is -2.33. The van der Waals surface area contributed by atoms with E-state index in [0.29, 0.717) is 12.0 Å². The topological polar surface area (TPSA) is 61.8 Å². The lowest BCUT2D eigenvalue weighted by atomic mass is 9.73. The number of rotatable bonds is 5. The molecule has 0 atom stereocenters. The molecular weight excluding hydrogens is 473 g/mol. The van der Waals surface area contributed by atoms with Crippen LogP contribution in [0.2, 0.25) is 0 Å². The Bertz CT molecular complexity index is 716. The van der Waals surface area contributed by atoms with Crippen LogP contribution in [0.3, 0.4) is 0 Å². The van der Waals surface area contributed by atoms with E-state index in [2.05, 4.69) is 15.2 Å². The predicted octanol–water partition coefficient (Wildman–Crippen LogP) is 3.45. The highest BCUT2D eigenvalue weighted by atomic mass is 127. The molecule has 0 radical (unpaired) electrons. The molecule has 1 aromatic rings. The van der Waals surface area contributed by atoms with Crippen molar-refractivity contribution in [2.75, 3.05) is 32.4 Å². The molecule has 152 valence electrons. The number of hydrogen-bond donors (Lipinski definition) is 1. The van der Waals surface area contributed by atoms with Gasteiger partial charge in [0.15, 0.2) is 15.8 Å². The maximum absolute atomic E-state index is 12.3. The van der Waals surface area contributed by atoms with Crippen molar-refractivity contribution >= 4 is 39.8 Å². The number of hydrogen-bond acceptors (Lipinski definition) is 3. The third kappa shape index (κ3) is 6.34. The first-order chi connectivity index (χ1) is 12.5. The highest BCUT2D eigenvalue weighted by molar-refractivity contribution is 14.0. The van der Waals surface area contributed by atoms with Crippen LogP contribution in [0.15, 0.2) is 35.3 Å². The van der Waals surface area contributed by atoms with Gasteiger partial charge in [-0.3, -0.25) is 4.99 Å². The van der Waals surface area contributed by atoms with Gasteiger partial charge in [-0.2, -0.15) is 0 Å². The van der Waals surface area contributed by atoms with Crippen LogP contribution in [0, 0.1) is 5.41 Å². The summed E-state index contributed by atoms with van der Waals surface area (Å²) in [6.45, 7) is 2.49. The average molecular weight is 505 g/mol. The Morgan fingerprint density at radius 3 is 2.52 bits per heavy atom. The molecule has 1 N–H and O–H groups in total. The van der Waals surface area contributed by atoms with E-state index in [-0.39, 0.29) is 35.5 Å². The van der Waals surface area contributed by atoms with Crippen molar-refractivity contribution in [3.05, 3.63) is 35.9 Å². The molecule has 1 aliphatic heterocycles. The smallest absolute Gasteiger partial charge is 0.193 e. The summed E-state index contributed by atoms with van der Waals surface area (Å²) in [5.74, 6) is 1.07. The summed E-state index contributed by atoms with van der Waals surface area (Å²) in [7, 11) is -1.34. The molecule has 1 heterocycles. The van der Waals surface area contributed by atoms with Crippen LogP contribution < -0.4 is 5.32 Å². The fraction of sp³-hybridized carbons (Fsp3) is 0.650. The standard InChI is InChI=1S/C20H31N3O2S.HI/c1-21-19(23-14-12-20(17-23)10-6-3-7-11-20)22-13-15-26(24,25)16-18-8-4-2-5-9-18;/h2,4-5,8-9H,3,6-7,10-17H2,1H3,(H,21,22);1H. The van der Waals surface area contributed by atoms with Crippen molar-refractivity contribution < 1.29 is 8.42 Å². The third-order valence-electron chi connectivity index (χ3n) is 5.79. The van der Waals surface area contributed by atoms with Crippen LogP contribution in [-0.4, -0.2) is 51.7 Å². The minimum Gasteiger partial charge on any atom is -0.355 e. The molecule has 1 aromatic carbocycles. The lowest BCUT2D eigenvalue weighted by Crippen LogP contribution is -2.43. The van der Waals surface area contributed by atoms with Crippen LogP contribution >= 0.6 is 24.0 Å². The summed E-state index contributed by atoms with van der Waals surface area (Å²) in [4.78, 5) is 6.70. The first-order valence-electron chi connectivity index (χ1n) is 9.72. The second kappa shape index (κ2) is 10.1. The zero-order valence-electron chi connectivity index (χ0n) is 16.2. The number of nitrogens with zero attached hydrogens (tertiary/aromatic N) is 2. The van der Waals surface area contributed by atoms with E-state index in [1.54, 1.807) is 7.05 Å². The van der Waals surface area contributed by atoms with Gasteiger partial charge in [-0.05, 0) is 30.2 Å². The lowest BCUT2D eigenvalue weighted by molar-refractivity contribution is 0.203. The molecule has 7 heteroatoms. The summed E-state index contributed by atoms with van der Waals surface area (Å²) in [5.41, 5.74) is 1.31. The van der Waals surface area contributed by atoms with Gasteiger partial charge in [-0.25, -0.2) is 8.42 Å². The van der Waals surface area contributed by atoms with E-state index >= 15 is 0 Å².